The molecular weight excluding hydrogens is 677 g/mol. The van der Waals surface area contributed by atoms with E-state index in [0.29, 0.717) is 61.2 Å². The molecule has 4 amide bonds. The van der Waals surface area contributed by atoms with Gasteiger partial charge < -0.3 is 37.1 Å². The van der Waals surface area contributed by atoms with E-state index in [1.54, 1.807) is 33.8 Å². The molecule has 16 heteroatoms. The number of guanidine groups is 1. The number of hydrogen-bond acceptors (Lipinski definition) is 9. The molecule has 1 aliphatic heterocycles. The fourth-order valence-electron chi connectivity index (χ4n) is 6.28. The highest BCUT2D eigenvalue weighted by Crippen LogP contribution is 2.30. The van der Waals surface area contributed by atoms with Crippen molar-refractivity contribution in [2.45, 2.75) is 123 Å². The van der Waals surface area contributed by atoms with Crippen molar-refractivity contribution in [3.8, 4) is 5.75 Å². The SMILES string of the molecule is CCNC(=O)[C@@H]1CCCN1C(=O)[C@H](CCCN=C(N)NS(=O)(=O)c1c(C)cc(OC)c(C)c1C)NC(=O)[C@H](CC(C)C)NC(=O)[C@H](N)CC(C)C. The Balaban J connectivity index is 2.28. The number of sulfonamides is 1. The van der Waals surface area contributed by atoms with Gasteiger partial charge in [-0.3, -0.25) is 24.2 Å². The molecular formula is C35H60N8O7S. The van der Waals surface area contributed by atoms with Crippen molar-refractivity contribution in [2.75, 3.05) is 26.7 Å². The molecule has 1 aliphatic rings. The first-order valence-electron chi connectivity index (χ1n) is 17.8. The van der Waals surface area contributed by atoms with Gasteiger partial charge in [-0.25, -0.2) is 13.1 Å². The van der Waals surface area contributed by atoms with Crippen LogP contribution < -0.4 is 36.9 Å². The summed E-state index contributed by atoms with van der Waals surface area (Å²) in [4.78, 5) is 59.1. The number of amides is 4. The Hall–Kier alpha value is -3.92. The first-order valence-corrected chi connectivity index (χ1v) is 19.2. The van der Waals surface area contributed by atoms with Crippen molar-refractivity contribution in [2.24, 2.45) is 28.3 Å². The molecule has 1 heterocycles. The van der Waals surface area contributed by atoms with Crippen molar-refractivity contribution in [1.29, 1.82) is 0 Å². The summed E-state index contributed by atoms with van der Waals surface area (Å²) in [5.74, 6) is -1.24. The zero-order chi connectivity index (χ0) is 38.6. The number of rotatable bonds is 18. The molecule has 1 fully saturated rings. The molecule has 0 spiro atoms. The number of nitrogens with zero attached hydrogens (tertiary/aromatic N) is 2. The van der Waals surface area contributed by atoms with Crippen LogP contribution in [0.5, 0.6) is 5.75 Å². The maximum Gasteiger partial charge on any atom is 0.264 e. The van der Waals surface area contributed by atoms with Gasteiger partial charge in [-0.2, -0.15) is 0 Å². The van der Waals surface area contributed by atoms with Gasteiger partial charge >= 0.3 is 0 Å². The number of nitrogens with one attached hydrogen (secondary N) is 4. The van der Waals surface area contributed by atoms with Crippen LogP contribution in [0.25, 0.3) is 0 Å². The molecule has 0 radical (unpaired) electrons. The lowest BCUT2D eigenvalue weighted by Gasteiger charge is -2.30. The first kappa shape index (κ1) is 43.2. The third-order valence-corrected chi connectivity index (χ3v) is 10.5. The topological polar surface area (TPSA) is 227 Å². The number of aliphatic imine (C=N–C) groups is 1. The molecule has 4 atom stereocenters. The Kier molecular flexibility index (Phi) is 16.6. The number of ether oxygens (including phenoxy) is 1. The molecule has 8 N–H and O–H groups in total. The molecule has 1 aromatic carbocycles. The van der Waals surface area contributed by atoms with E-state index in [0.717, 1.165) is 0 Å². The van der Waals surface area contributed by atoms with Crippen LogP contribution >= 0.6 is 0 Å². The molecule has 0 aliphatic carbocycles. The summed E-state index contributed by atoms with van der Waals surface area (Å²) in [6, 6.07) is -1.82. The molecule has 0 bridgehead atoms. The Morgan fingerprint density at radius 1 is 1.00 bits per heavy atom. The van der Waals surface area contributed by atoms with Gasteiger partial charge in [-0.1, -0.05) is 27.7 Å². The number of hydrogen-bond donors (Lipinski definition) is 6. The quantitative estimate of drug-likeness (QED) is 0.0728. The zero-order valence-corrected chi connectivity index (χ0v) is 32.5. The Morgan fingerprint density at radius 2 is 1.63 bits per heavy atom. The summed E-state index contributed by atoms with van der Waals surface area (Å²) < 4.78 is 34.3. The van der Waals surface area contributed by atoms with Gasteiger partial charge in [-0.15, -0.1) is 0 Å². The monoisotopic (exact) mass is 736 g/mol. The van der Waals surface area contributed by atoms with Gasteiger partial charge in [0.2, 0.25) is 29.6 Å². The Bertz CT molecular complexity index is 1530. The van der Waals surface area contributed by atoms with Gasteiger partial charge in [0.1, 0.15) is 23.9 Å². The summed E-state index contributed by atoms with van der Waals surface area (Å²) in [7, 11) is -2.57. The standard InChI is InChI=1S/C35H60N8O7S/c1-10-38-33(46)28-14-12-16-43(28)34(47)26(40-32(45)27(18-21(4)5)41-31(44)25(36)17-20(2)3)13-11-15-39-35(37)42-51(48,49)30-22(6)19-29(50-9)23(7)24(30)8/h19-21,25-28H,10-18,36H2,1-9H3,(H,38,46)(H,40,45)(H,41,44)(H3,37,39,42)/t25-,26+,27+,28+/m1/s1. The van der Waals surface area contributed by atoms with E-state index in [-0.39, 0.29) is 48.0 Å². The van der Waals surface area contributed by atoms with Gasteiger partial charge in [0, 0.05) is 19.6 Å². The first-order chi connectivity index (χ1) is 23.8. The molecule has 2 rings (SSSR count). The summed E-state index contributed by atoms with van der Waals surface area (Å²) in [5.41, 5.74) is 13.8. The second-order valence-electron chi connectivity index (χ2n) is 14.1. The molecule has 15 nitrogen and oxygen atoms in total. The van der Waals surface area contributed by atoms with Crippen LogP contribution in [0.4, 0.5) is 0 Å². The van der Waals surface area contributed by atoms with Crippen LogP contribution in [0.15, 0.2) is 16.0 Å². The second-order valence-corrected chi connectivity index (χ2v) is 15.7. The number of methoxy groups -OCH3 is 1. The van der Waals surface area contributed by atoms with Crippen LogP contribution in [0, 0.1) is 32.6 Å². The van der Waals surface area contributed by atoms with E-state index in [1.807, 2.05) is 27.7 Å². The minimum atomic E-state index is -4.08. The number of likely N-dealkylation sites (N-methyl/N-ethyl adjacent to an activating group) is 1. The lowest BCUT2D eigenvalue weighted by molar-refractivity contribution is -0.142. The number of nitrogens with two attached hydrogens (primary N) is 2. The van der Waals surface area contributed by atoms with Gasteiger partial charge in [0.15, 0.2) is 0 Å². The maximum atomic E-state index is 14.0. The summed E-state index contributed by atoms with van der Waals surface area (Å²) >= 11 is 0. The summed E-state index contributed by atoms with van der Waals surface area (Å²) in [5, 5.41) is 8.38. The van der Waals surface area contributed by atoms with Gasteiger partial charge in [0.25, 0.3) is 10.0 Å². The number of likely N-dealkylation sites (tertiary alicyclic amines) is 1. The minimum absolute atomic E-state index is 0.0313. The van der Waals surface area contributed by atoms with E-state index in [1.165, 1.54) is 12.0 Å². The number of carbonyl (C=O) groups excluding carboxylic acids is 4. The fraction of sp³-hybridized carbons (Fsp3) is 0.686. The lowest BCUT2D eigenvalue weighted by atomic mass is 10.00. The highest BCUT2D eigenvalue weighted by Gasteiger charge is 2.38. The zero-order valence-electron chi connectivity index (χ0n) is 31.7. The minimum Gasteiger partial charge on any atom is -0.496 e. The van der Waals surface area contributed by atoms with Crippen molar-refractivity contribution >= 4 is 39.6 Å². The third-order valence-electron chi connectivity index (χ3n) is 8.85. The predicted octanol–water partition coefficient (Wildman–Crippen LogP) is 1.51. The van der Waals surface area contributed by atoms with Crippen LogP contribution in [0.3, 0.4) is 0 Å². The molecule has 0 aromatic heterocycles. The third kappa shape index (κ3) is 12.4. The van der Waals surface area contributed by atoms with E-state index in [9.17, 15) is 27.6 Å². The van der Waals surface area contributed by atoms with E-state index in [2.05, 4.69) is 25.7 Å². The number of benzene rings is 1. The van der Waals surface area contributed by atoms with E-state index >= 15 is 0 Å². The Labute approximate surface area is 303 Å². The van der Waals surface area contributed by atoms with E-state index < -0.39 is 51.9 Å². The maximum absolute atomic E-state index is 14.0. The van der Waals surface area contributed by atoms with Crippen LogP contribution in [-0.2, 0) is 29.2 Å². The molecule has 1 saturated heterocycles. The Morgan fingerprint density at radius 3 is 2.22 bits per heavy atom. The van der Waals surface area contributed by atoms with Crippen LogP contribution in [0.2, 0.25) is 0 Å². The fourth-order valence-corrected chi connectivity index (χ4v) is 7.77. The molecule has 288 valence electrons. The normalized spacial score (nSPS) is 16.8. The number of carbonyl (C=O) groups is 4. The van der Waals surface area contributed by atoms with Crippen molar-refractivity contribution < 1.29 is 32.3 Å². The number of aryl methyl sites for hydroxylation is 1. The highest BCUT2D eigenvalue weighted by molar-refractivity contribution is 7.90. The average molecular weight is 737 g/mol. The van der Waals surface area contributed by atoms with Crippen LogP contribution in [-0.4, -0.2) is 93.8 Å². The van der Waals surface area contributed by atoms with Crippen molar-refractivity contribution in [1.82, 2.24) is 25.6 Å². The van der Waals surface area contributed by atoms with E-state index in [4.69, 9.17) is 16.2 Å². The highest BCUT2D eigenvalue weighted by atomic mass is 32.2. The molecule has 0 unspecified atom stereocenters. The predicted molar refractivity (Wildman–Crippen MR) is 197 cm³/mol. The van der Waals surface area contributed by atoms with Gasteiger partial charge in [0.05, 0.1) is 18.0 Å². The molecule has 0 saturated carbocycles. The largest absolute Gasteiger partial charge is 0.496 e. The van der Waals surface area contributed by atoms with Crippen molar-refractivity contribution in [3.05, 3.63) is 22.8 Å². The van der Waals surface area contributed by atoms with Crippen molar-refractivity contribution in [3.63, 3.8) is 0 Å². The smallest absolute Gasteiger partial charge is 0.264 e. The average Bonchev–Trinajstić information content (AvgIpc) is 3.53. The summed E-state index contributed by atoms with van der Waals surface area (Å²) in [6.45, 7) is 15.4. The summed E-state index contributed by atoms with van der Waals surface area (Å²) in [6.07, 6.45) is 2.22. The van der Waals surface area contributed by atoms with Gasteiger partial charge in [-0.05, 0) is 101 Å². The lowest BCUT2D eigenvalue weighted by Crippen LogP contribution is -2.58. The van der Waals surface area contributed by atoms with Crippen LogP contribution in [0.1, 0.15) is 89.8 Å². The second kappa shape index (κ2) is 19.6. The molecule has 1 aromatic rings. The molecule has 51 heavy (non-hydrogen) atoms.